The number of hydrogen-bond donors (Lipinski definition) is 1. The Morgan fingerprint density at radius 2 is 2.12 bits per heavy atom. The van der Waals surface area contributed by atoms with E-state index in [0.717, 1.165) is 6.54 Å². The van der Waals surface area contributed by atoms with E-state index < -0.39 is 5.97 Å². The van der Waals surface area contributed by atoms with Gasteiger partial charge >= 0.3 is 5.97 Å². The SMILES string of the molecule is CCOc1cc(/C=C(\C(=O)O)c2cccs2)cc(Cl)c1OCCN(C)C. The van der Waals surface area contributed by atoms with E-state index in [1.807, 2.05) is 37.4 Å². The third kappa shape index (κ3) is 5.49. The van der Waals surface area contributed by atoms with Crippen molar-refractivity contribution < 1.29 is 19.4 Å². The van der Waals surface area contributed by atoms with E-state index in [9.17, 15) is 9.90 Å². The minimum Gasteiger partial charge on any atom is -0.490 e. The molecule has 0 saturated heterocycles. The van der Waals surface area contributed by atoms with Crippen LogP contribution in [-0.4, -0.2) is 49.8 Å². The van der Waals surface area contributed by atoms with Gasteiger partial charge in [-0.1, -0.05) is 17.7 Å². The van der Waals surface area contributed by atoms with Gasteiger partial charge in [-0.15, -0.1) is 11.3 Å². The molecule has 5 nitrogen and oxygen atoms in total. The topological polar surface area (TPSA) is 59.0 Å². The summed E-state index contributed by atoms with van der Waals surface area (Å²) >= 11 is 7.75. The molecule has 0 aliphatic carbocycles. The van der Waals surface area contributed by atoms with Gasteiger partial charge in [0.25, 0.3) is 0 Å². The highest BCUT2D eigenvalue weighted by Crippen LogP contribution is 2.38. The number of rotatable bonds is 9. The van der Waals surface area contributed by atoms with Crippen molar-refractivity contribution in [1.82, 2.24) is 4.90 Å². The Hall–Kier alpha value is -2.02. The maximum Gasteiger partial charge on any atom is 0.337 e. The molecule has 0 bridgehead atoms. The Bertz CT molecular complexity index is 772. The molecule has 0 spiro atoms. The van der Waals surface area contributed by atoms with E-state index in [-0.39, 0.29) is 5.57 Å². The highest BCUT2D eigenvalue weighted by atomic mass is 35.5. The van der Waals surface area contributed by atoms with Crippen LogP contribution in [0.15, 0.2) is 29.6 Å². The number of aliphatic carboxylic acids is 1. The summed E-state index contributed by atoms with van der Waals surface area (Å²) in [7, 11) is 3.92. The van der Waals surface area contributed by atoms with Crippen molar-refractivity contribution in [1.29, 1.82) is 0 Å². The average Bonchev–Trinajstić information content (AvgIpc) is 3.08. The monoisotopic (exact) mass is 395 g/mol. The Kier molecular flexibility index (Phi) is 7.50. The van der Waals surface area contributed by atoms with Crippen LogP contribution in [0.1, 0.15) is 17.4 Å². The Morgan fingerprint density at radius 1 is 1.35 bits per heavy atom. The summed E-state index contributed by atoms with van der Waals surface area (Å²) in [6.07, 6.45) is 1.59. The molecular weight excluding hydrogens is 374 g/mol. The molecule has 0 atom stereocenters. The van der Waals surface area contributed by atoms with Gasteiger partial charge in [0.05, 0.1) is 17.2 Å². The Morgan fingerprint density at radius 3 is 2.69 bits per heavy atom. The van der Waals surface area contributed by atoms with Crippen molar-refractivity contribution >= 4 is 40.6 Å². The molecular formula is C19H22ClNO4S. The molecule has 1 heterocycles. The average molecular weight is 396 g/mol. The second-order valence-corrected chi connectivity index (χ2v) is 7.11. The van der Waals surface area contributed by atoms with Crippen LogP contribution in [0, 0.1) is 0 Å². The number of carboxylic acid groups (broad SMARTS) is 1. The van der Waals surface area contributed by atoms with E-state index in [2.05, 4.69) is 0 Å². The summed E-state index contributed by atoms with van der Waals surface area (Å²) in [4.78, 5) is 14.3. The van der Waals surface area contributed by atoms with Gasteiger partial charge in [0.2, 0.25) is 0 Å². The van der Waals surface area contributed by atoms with Crippen molar-refractivity contribution in [2.75, 3.05) is 33.9 Å². The van der Waals surface area contributed by atoms with Crippen molar-refractivity contribution in [2.24, 2.45) is 0 Å². The Labute approximate surface area is 162 Å². The molecule has 26 heavy (non-hydrogen) atoms. The van der Waals surface area contributed by atoms with E-state index >= 15 is 0 Å². The maximum atomic E-state index is 11.6. The highest BCUT2D eigenvalue weighted by Gasteiger charge is 2.15. The lowest BCUT2D eigenvalue weighted by molar-refractivity contribution is -0.130. The van der Waals surface area contributed by atoms with Crippen LogP contribution in [0.2, 0.25) is 5.02 Å². The second-order valence-electron chi connectivity index (χ2n) is 5.76. The molecule has 2 aromatic rings. The van der Waals surface area contributed by atoms with E-state index in [1.54, 1.807) is 24.3 Å². The molecule has 140 valence electrons. The van der Waals surface area contributed by atoms with Crippen molar-refractivity contribution in [3.05, 3.63) is 45.1 Å². The number of carbonyl (C=O) groups is 1. The first-order valence-electron chi connectivity index (χ1n) is 8.15. The molecule has 0 aliphatic rings. The third-order valence-electron chi connectivity index (χ3n) is 3.44. The van der Waals surface area contributed by atoms with Crippen LogP contribution < -0.4 is 9.47 Å². The first-order chi connectivity index (χ1) is 12.4. The normalized spacial score (nSPS) is 11.7. The first-order valence-corrected chi connectivity index (χ1v) is 9.40. The first kappa shape index (κ1) is 20.3. The van der Waals surface area contributed by atoms with Crippen LogP contribution in [0.3, 0.4) is 0 Å². The molecule has 0 aliphatic heterocycles. The zero-order valence-electron chi connectivity index (χ0n) is 15.0. The summed E-state index contributed by atoms with van der Waals surface area (Å²) in [5.74, 6) is -0.0192. The van der Waals surface area contributed by atoms with Gasteiger partial charge in [-0.05, 0) is 56.2 Å². The van der Waals surface area contributed by atoms with Gasteiger partial charge in [-0.2, -0.15) is 0 Å². The number of benzene rings is 1. The molecule has 0 saturated carbocycles. The van der Waals surface area contributed by atoms with Crippen molar-refractivity contribution in [2.45, 2.75) is 6.92 Å². The largest absolute Gasteiger partial charge is 0.490 e. The molecule has 1 N–H and O–H groups in total. The zero-order chi connectivity index (χ0) is 19.1. The zero-order valence-corrected chi connectivity index (χ0v) is 16.6. The van der Waals surface area contributed by atoms with Crippen molar-refractivity contribution in [3.8, 4) is 11.5 Å². The fourth-order valence-corrected chi connectivity index (χ4v) is 3.25. The van der Waals surface area contributed by atoms with E-state index in [4.69, 9.17) is 21.1 Å². The number of halogens is 1. The number of hydrogen-bond acceptors (Lipinski definition) is 5. The summed E-state index contributed by atoms with van der Waals surface area (Å²) in [5.41, 5.74) is 0.851. The molecule has 0 amide bonds. The predicted molar refractivity (Wildman–Crippen MR) is 106 cm³/mol. The predicted octanol–water partition coefficient (Wildman–Crippen LogP) is 4.37. The summed E-state index contributed by atoms with van der Waals surface area (Å²) in [5, 5.41) is 11.7. The molecule has 1 aromatic carbocycles. The third-order valence-corrected chi connectivity index (χ3v) is 4.63. The minimum atomic E-state index is -0.993. The van der Waals surface area contributed by atoms with Crippen LogP contribution >= 0.6 is 22.9 Å². The second kappa shape index (κ2) is 9.62. The summed E-state index contributed by atoms with van der Waals surface area (Å²) < 4.78 is 11.4. The van der Waals surface area contributed by atoms with Gasteiger partial charge < -0.3 is 19.5 Å². The number of ether oxygens (including phenoxy) is 2. The lowest BCUT2D eigenvalue weighted by Crippen LogP contribution is -2.19. The van der Waals surface area contributed by atoms with Gasteiger partial charge in [-0.25, -0.2) is 4.79 Å². The van der Waals surface area contributed by atoms with Crippen LogP contribution in [0.5, 0.6) is 11.5 Å². The highest BCUT2D eigenvalue weighted by molar-refractivity contribution is 7.11. The van der Waals surface area contributed by atoms with Crippen LogP contribution in [0.4, 0.5) is 0 Å². The van der Waals surface area contributed by atoms with Gasteiger partial charge in [0, 0.05) is 11.4 Å². The molecule has 0 radical (unpaired) electrons. The Balaban J connectivity index is 2.37. The quantitative estimate of drug-likeness (QED) is 0.639. The van der Waals surface area contributed by atoms with Gasteiger partial charge in [0.1, 0.15) is 6.61 Å². The number of likely N-dealkylation sites (N-methyl/N-ethyl adjacent to an activating group) is 1. The van der Waals surface area contributed by atoms with Gasteiger partial charge in [-0.3, -0.25) is 0 Å². The number of nitrogens with zero attached hydrogens (tertiary/aromatic N) is 1. The molecule has 2 rings (SSSR count). The number of carboxylic acids is 1. The van der Waals surface area contributed by atoms with Crippen LogP contribution in [0.25, 0.3) is 11.6 Å². The summed E-state index contributed by atoms with van der Waals surface area (Å²) in [6, 6.07) is 7.02. The molecule has 0 unspecified atom stereocenters. The van der Waals surface area contributed by atoms with Crippen molar-refractivity contribution in [3.63, 3.8) is 0 Å². The van der Waals surface area contributed by atoms with Gasteiger partial charge in [0.15, 0.2) is 11.5 Å². The number of thiophene rings is 1. The lowest BCUT2D eigenvalue weighted by atomic mass is 10.1. The fourth-order valence-electron chi connectivity index (χ4n) is 2.24. The molecule has 1 aromatic heterocycles. The van der Waals surface area contributed by atoms with E-state index in [0.29, 0.717) is 40.2 Å². The molecule has 0 fully saturated rings. The standard InChI is InChI=1S/C19H22ClNO4S/c1-4-24-16-12-13(10-14(19(22)23)17-6-5-9-26-17)11-15(20)18(16)25-8-7-21(2)3/h5-6,9-12H,4,7-8H2,1-3H3,(H,22,23)/b14-10-. The van der Waals surface area contributed by atoms with E-state index in [1.165, 1.54) is 11.3 Å². The molecule has 7 heteroatoms. The lowest BCUT2D eigenvalue weighted by Gasteiger charge is -2.16. The smallest absolute Gasteiger partial charge is 0.337 e. The fraction of sp³-hybridized carbons (Fsp3) is 0.316. The minimum absolute atomic E-state index is 0.208. The maximum absolute atomic E-state index is 11.6. The summed E-state index contributed by atoms with van der Waals surface area (Å²) in [6.45, 7) is 3.53. The van der Waals surface area contributed by atoms with Crippen LogP contribution in [-0.2, 0) is 4.79 Å².